The molecule has 2 atom stereocenters. The summed E-state index contributed by atoms with van der Waals surface area (Å²) in [6, 6.07) is 22.9. The zero-order chi connectivity index (χ0) is 24.4. The van der Waals surface area contributed by atoms with Gasteiger partial charge in [-0.1, -0.05) is 60.7 Å². The summed E-state index contributed by atoms with van der Waals surface area (Å²) in [5.41, 5.74) is 5.60. The van der Waals surface area contributed by atoms with E-state index in [0.717, 1.165) is 16.7 Å². The predicted octanol–water partition coefficient (Wildman–Crippen LogP) is 4.18. The minimum Gasteiger partial charge on any atom is -0.478 e. The van der Waals surface area contributed by atoms with E-state index in [-0.39, 0.29) is 42.4 Å². The van der Waals surface area contributed by atoms with E-state index < -0.39 is 12.1 Å². The number of carboxylic acid groups (broad SMARTS) is 1. The molecule has 0 bridgehead atoms. The first-order chi connectivity index (χ1) is 17.0. The fourth-order valence-corrected chi connectivity index (χ4v) is 4.79. The molecule has 35 heavy (non-hydrogen) atoms. The molecule has 1 fully saturated rings. The highest BCUT2D eigenvalue weighted by atomic mass is 16.5. The topological polar surface area (TPSA) is 105 Å². The molecule has 0 aromatic heterocycles. The lowest BCUT2D eigenvalue weighted by molar-refractivity contribution is -0.122. The fraction of sp³-hybridized carbons (Fsp3) is 0.250. The maximum absolute atomic E-state index is 12.4. The van der Waals surface area contributed by atoms with Crippen LogP contribution in [0.25, 0.3) is 11.1 Å². The van der Waals surface area contributed by atoms with E-state index in [2.05, 4.69) is 34.9 Å². The van der Waals surface area contributed by atoms with E-state index in [1.54, 1.807) is 18.2 Å². The largest absolute Gasteiger partial charge is 0.478 e. The second-order valence-corrected chi connectivity index (χ2v) is 9.03. The molecule has 2 amide bonds. The molecule has 0 aliphatic heterocycles. The Kier molecular flexibility index (Phi) is 6.23. The van der Waals surface area contributed by atoms with Crippen LogP contribution >= 0.6 is 0 Å². The Morgan fingerprint density at radius 1 is 0.886 bits per heavy atom. The van der Waals surface area contributed by atoms with Gasteiger partial charge >= 0.3 is 12.1 Å². The normalized spacial score (nSPS) is 17.7. The van der Waals surface area contributed by atoms with E-state index >= 15 is 0 Å². The van der Waals surface area contributed by atoms with Crippen LogP contribution in [0.15, 0.2) is 72.8 Å². The Labute approximate surface area is 203 Å². The van der Waals surface area contributed by atoms with Gasteiger partial charge in [0, 0.05) is 24.9 Å². The first-order valence-corrected chi connectivity index (χ1v) is 11.7. The minimum atomic E-state index is -1.00. The number of fused-ring (bicyclic) bond motifs is 3. The van der Waals surface area contributed by atoms with Crippen molar-refractivity contribution in [1.82, 2.24) is 10.6 Å². The second-order valence-electron chi connectivity index (χ2n) is 9.03. The molecule has 0 spiro atoms. The number of carbonyl (C=O) groups is 3. The first kappa shape index (κ1) is 22.7. The van der Waals surface area contributed by atoms with Crippen molar-refractivity contribution < 1.29 is 24.2 Å². The smallest absolute Gasteiger partial charge is 0.407 e. The van der Waals surface area contributed by atoms with Crippen molar-refractivity contribution in [1.29, 1.82) is 0 Å². The number of ether oxygens (including phenoxy) is 1. The standard InChI is InChI=1S/C28H26N2O5/c31-26(29-14-17-6-5-7-18(12-17)27(32)33)24-13-19(24)15-30-28(34)35-16-25-22-10-3-1-8-20(22)21-9-2-4-11-23(21)25/h1-12,19,24-25H,13-16H2,(H,29,31)(H,30,34)(H,32,33)/t19-,24-/m0/s1. The molecule has 1 saturated carbocycles. The number of amides is 2. The van der Waals surface area contributed by atoms with Crippen molar-refractivity contribution in [3.8, 4) is 11.1 Å². The van der Waals surface area contributed by atoms with Gasteiger partial charge in [0.1, 0.15) is 6.61 Å². The molecule has 0 unspecified atom stereocenters. The van der Waals surface area contributed by atoms with Crippen molar-refractivity contribution >= 4 is 18.0 Å². The van der Waals surface area contributed by atoms with Gasteiger partial charge in [-0.05, 0) is 52.3 Å². The van der Waals surface area contributed by atoms with Crippen LogP contribution in [0.2, 0.25) is 0 Å². The van der Waals surface area contributed by atoms with Crippen molar-refractivity contribution in [3.05, 3.63) is 95.1 Å². The van der Waals surface area contributed by atoms with Gasteiger partial charge in [-0.25, -0.2) is 9.59 Å². The van der Waals surface area contributed by atoms with Crippen LogP contribution in [0.4, 0.5) is 4.79 Å². The molecule has 7 nitrogen and oxygen atoms in total. The van der Waals surface area contributed by atoms with Gasteiger partial charge in [-0.15, -0.1) is 0 Å². The summed E-state index contributed by atoms with van der Waals surface area (Å²) in [4.78, 5) is 35.8. The summed E-state index contributed by atoms with van der Waals surface area (Å²) in [5.74, 6) is -1.18. The van der Waals surface area contributed by atoms with Crippen LogP contribution in [0.1, 0.15) is 39.4 Å². The zero-order valence-electron chi connectivity index (χ0n) is 19.1. The summed E-state index contributed by atoms with van der Waals surface area (Å²) in [6.45, 7) is 0.899. The third kappa shape index (κ3) is 4.89. The van der Waals surface area contributed by atoms with Gasteiger partial charge in [0.05, 0.1) is 5.56 Å². The molecular weight excluding hydrogens is 444 g/mol. The van der Waals surface area contributed by atoms with E-state index in [0.29, 0.717) is 13.0 Å². The lowest BCUT2D eigenvalue weighted by atomic mass is 9.98. The first-order valence-electron chi connectivity index (χ1n) is 11.7. The van der Waals surface area contributed by atoms with Crippen molar-refractivity contribution in [2.45, 2.75) is 18.9 Å². The number of hydrogen-bond donors (Lipinski definition) is 3. The van der Waals surface area contributed by atoms with Gasteiger partial charge in [-0.3, -0.25) is 4.79 Å². The summed E-state index contributed by atoms with van der Waals surface area (Å²) in [6.07, 6.45) is 0.216. The number of aromatic carboxylic acids is 1. The van der Waals surface area contributed by atoms with Gasteiger partial charge in [0.15, 0.2) is 0 Å². The molecule has 178 valence electrons. The Morgan fingerprint density at radius 3 is 2.26 bits per heavy atom. The second kappa shape index (κ2) is 9.62. The lowest BCUT2D eigenvalue weighted by Gasteiger charge is -2.14. The molecule has 3 aromatic carbocycles. The van der Waals surface area contributed by atoms with Gasteiger partial charge < -0.3 is 20.5 Å². The Bertz CT molecular complexity index is 1240. The monoisotopic (exact) mass is 470 g/mol. The predicted molar refractivity (Wildman–Crippen MR) is 130 cm³/mol. The molecule has 7 heteroatoms. The Hall–Kier alpha value is -4.13. The van der Waals surface area contributed by atoms with Crippen molar-refractivity contribution in [2.75, 3.05) is 13.2 Å². The molecule has 2 aliphatic carbocycles. The van der Waals surface area contributed by atoms with Crippen LogP contribution in [0, 0.1) is 11.8 Å². The molecule has 5 rings (SSSR count). The molecular formula is C28H26N2O5. The third-order valence-corrected chi connectivity index (χ3v) is 6.75. The number of alkyl carbamates (subject to hydrolysis) is 1. The number of carbonyl (C=O) groups excluding carboxylic acids is 2. The molecule has 0 saturated heterocycles. The summed E-state index contributed by atoms with van der Waals surface area (Å²) < 4.78 is 5.55. The fourth-order valence-electron chi connectivity index (χ4n) is 4.79. The highest BCUT2D eigenvalue weighted by Gasteiger charge is 2.42. The molecule has 2 aliphatic rings. The number of benzene rings is 3. The van der Waals surface area contributed by atoms with Crippen LogP contribution < -0.4 is 10.6 Å². The maximum atomic E-state index is 12.4. The SMILES string of the molecule is O=C(NC[C@@H]1C[C@@H]1C(=O)NCc1cccc(C(=O)O)c1)OCC1c2ccccc2-c2ccccc21. The van der Waals surface area contributed by atoms with Crippen molar-refractivity contribution in [3.63, 3.8) is 0 Å². The molecule has 3 N–H and O–H groups in total. The molecule has 3 aromatic rings. The average molecular weight is 471 g/mol. The average Bonchev–Trinajstić information content (AvgIpc) is 3.60. The van der Waals surface area contributed by atoms with E-state index in [1.807, 2.05) is 24.3 Å². The van der Waals surface area contributed by atoms with Crippen LogP contribution in [-0.4, -0.2) is 36.2 Å². The highest BCUT2D eigenvalue weighted by Crippen LogP contribution is 2.44. The minimum absolute atomic E-state index is 0.00670. The number of hydrogen-bond acceptors (Lipinski definition) is 4. The Morgan fingerprint density at radius 2 is 1.57 bits per heavy atom. The van der Waals surface area contributed by atoms with Crippen LogP contribution in [0.5, 0.6) is 0 Å². The quantitative estimate of drug-likeness (QED) is 0.458. The zero-order valence-corrected chi connectivity index (χ0v) is 19.1. The highest BCUT2D eigenvalue weighted by molar-refractivity contribution is 5.88. The van der Waals surface area contributed by atoms with Gasteiger partial charge in [0.2, 0.25) is 5.91 Å². The third-order valence-electron chi connectivity index (χ3n) is 6.75. The van der Waals surface area contributed by atoms with Crippen LogP contribution in [-0.2, 0) is 16.1 Å². The van der Waals surface area contributed by atoms with Crippen molar-refractivity contribution in [2.24, 2.45) is 11.8 Å². The number of rotatable bonds is 8. The Balaban J connectivity index is 1.07. The number of carboxylic acids is 1. The van der Waals surface area contributed by atoms with E-state index in [9.17, 15) is 14.4 Å². The summed E-state index contributed by atoms with van der Waals surface area (Å²) in [5, 5.41) is 14.7. The van der Waals surface area contributed by atoms with Gasteiger partial charge in [-0.2, -0.15) is 0 Å². The molecule has 0 radical (unpaired) electrons. The lowest BCUT2D eigenvalue weighted by Crippen LogP contribution is -2.30. The molecule has 0 heterocycles. The maximum Gasteiger partial charge on any atom is 0.407 e. The van der Waals surface area contributed by atoms with Gasteiger partial charge in [0.25, 0.3) is 0 Å². The van der Waals surface area contributed by atoms with Crippen LogP contribution in [0.3, 0.4) is 0 Å². The van der Waals surface area contributed by atoms with E-state index in [4.69, 9.17) is 9.84 Å². The summed E-state index contributed by atoms with van der Waals surface area (Å²) in [7, 11) is 0. The number of nitrogens with one attached hydrogen (secondary N) is 2. The van der Waals surface area contributed by atoms with E-state index in [1.165, 1.54) is 17.2 Å². The summed E-state index contributed by atoms with van der Waals surface area (Å²) >= 11 is 0.